The number of rotatable bonds is 12. The summed E-state index contributed by atoms with van der Waals surface area (Å²) >= 11 is 0. The van der Waals surface area contributed by atoms with Crippen LogP contribution in [0.15, 0.2) is 30.6 Å². The summed E-state index contributed by atoms with van der Waals surface area (Å²) in [6.07, 6.45) is 14.6. The lowest BCUT2D eigenvalue weighted by Gasteiger charge is -2.39. The fourth-order valence-electron chi connectivity index (χ4n) is 2.96. The maximum Gasteiger partial charge on any atom is 0.0786 e. The van der Waals surface area contributed by atoms with E-state index in [1.54, 1.807) is 12.4 Å². The number of quaternary nitrogens is 1. The molecule has 0 amide bonds. The Morgan fingerprint density at radius 2 is 0.917 bits per heavy atom. The van der Waals surface area contributed by atoms with Crippen molar-refractivity contribution in [3.05, 3.63) is 30.6 Å². The monoisotopic (exact) mass is 356 g/mol. The van der Waals surface area contributed by atoms with Gasteiger partial charge in [-0.3, -0.25) is 4.98 Å². The van der Waals surface area contributed by atoms with E-state index in [1.807, 2.05) is 18.2 Å². The number of pyridine rings is 1. The first-order valence-corrected chi connectivity index (χ1v) is 9.94. The standard InChI is InChI=1S/C16H36N.C5H5N.ClH/c1-5-9-13-17(14-10-6-2,15-11-7-3)16-12-8-4;1-2-4-6-5-3-1;/h5-16H2,1-4H3;1-5H;1H/q+1;;/p-1. The molecule has 0 aromatic carbocycles. The normalized spacial score (nSPS) is 10.5. The lowest BCUT2D eigenvalue weighted by Crippen LogP contribution is -3.00. The maximum atomic E-state index is 3.78. The lowest BCUT2D eigenvalue weighted by molar-refractivity contribution is -0.929. The van der Waals surface area contributed by atoms with Crippen molar-refractivity contribution in [2.24, 2.45) is 0 Å². The maximum absolute atomic E-state index is 3.78. The Morgan fingerprint density at radius 3 is 1.08 bits per heavy atom. The van der Waals surface area contributed by atoms with Crippen molar-refractivity contribution in [3.8, 4) is 0 Å². The van der Waals surface area contributed by atoms with Gasteiger partial charge >= 0.3 is 0 Å². The van der Waals surface area contributed by atoms with Crippen LogP contribution in [0, 0.1) is 0 Å². The van der Waals surface area contributed by atoms with Crippen molar-refractivity contribution in [1.82, 2.24) is 4.98 Å². The van der Waals surface area contributed by atoms with Gasteiger partial charge in [-0.2, -0.15) is 0 Å². The molecule has 0 aliphatic carbocycles. The van der Waals surface area contributed by atoms with E-state index in [1.165, 1.54) is 82.0 Å². The molecule has 0 spiro atoms. The quantitative estimate of drug-likeness (QED) is 0.524. The molecule has 1 rings (SSSR count). The number of halogens is 1. The van der Waals surface area contributed by atoms with Crippen LogP contribution in [0.25, 0.3) is 0 Å². The van der Waals surface area contributed by atoms with Gasteiger partial charge in [-0.05, 0) is 37.8 Å². The molecule has 0 aliphatic rings. The minimum atomic E-state index is 0. The van der Waals surface area contributed by atoms with Crippen molar-refractivity contribution in [2.75, 3.05) is 26.2 Å². The largest absolute Gasteiger partial charge is 1.00 e. The van der Waals surface area contributed by atoms with Gasteiger partial charge in [0, 0.05) is 12.4 Å². The van der Waals surface area contributed by atoms with Crippen LogP contribution in [0.2, 0.25) is 0 Å². The van der Waals surface area contributed by atoms with Gasteiger partial charge in [0.25, 0.3) is 0 Å². The van der Waals surface area contributed by atoms with Gasteiger partial charge in [0.2, 0.25) is 0 Å². The fourth-order valence-corrected chi connectivity index (χ4v) is 2.96. The molecule has 0 aliphatic heterocycles. The summed E-state index contributed by atoms with van der Waals surface area (Å²) in [6, 6.07) is 5.72. The summed E-state index contributed by atoms with van der Waals surface area (Å²) in [5.74, 6) is 0. The Bertz CT molecular complexity index is 266. The van der Waals surface area contributed by atoms with Crippen molar-refractivity contribution in [3.63, 3.8) is 0 Å². The summed E-state index contributed by atoms with van der Waals surface area (Å²) in [5.41, 5.74) is 0. The average Bonchev–Trinajstić information content (AvgIpc) is 2.62. The zero-order valence-corrected chi connectivity index (χ0v) is 17.4. The predicted molar refractivity (Wildman–Crippen MR) is 104 cm³/mol. The van der Waals surface area contributed by atoms with Crippen LogP contribution in [0.3, 0.4) is 0 Å². The minimum Gasteiger partial charge on any atom is -1.00 e. The van der Waals surface area contributed by atoms with Crippen LogP contribution in [0.5, 0.6) is 0 Å². The highest BCUT2D eigenvalue weighted by atomic mass is 35.5. The van der Waals surface area contributed by atoms with Crippen LogP contribution in [0.1, 0.15) is 79.1 Å². The molecular formula is C21H41ClN2. The van der Waals surface area contributed by atoms with E-state index in [9.17, 15) is 0 Å². The zero-order chi connectivity index (χ0) is 17.2. The number of hydrogen-bond donors (Lipinski definition) is 0. The van der Waals surface area contributed by atoms with E-state index < -0.39 is 0 Å². The molecule has 1 aromatic heterocycles. The highest BCUT2D eigenvalue weighted by Gasteiger charge is 2.24. The zero-order valence-electron chi connectivity index (χ0n) is 16.6. The number of nitrogens with zero attached hydrogens (tertiary/aromatic N) is 2. The first-order chi connectivity index (χ1) is 11.2. The summed E-state index contributed by atoms with van der Waals surface area (Å²) in [6.45, 7) is 15.0. The molecule has 0 unspecified atom stereocenters. The van der Waals surface area contributed by atoms with E-state index in [0.717, 1.165) is 0 Å². The molecule has 142 valence electrons. The lowest BCUT2D eigenvalue weighted by atomic mass is 10.1. The van der Waals surface area contributed by atoms with E-state index in [2.05, 4.69) is 32.7 Å². The Labute approximate surface area is 158 Å². The van der Waals surface area contributed by atoms with E-state index in [4.69, 9.17) is 0 Å². The molecule has 24 heavy (non-hydrogen) atoms. The Balaban J connectivity index is 0. The van der Waals surface area contributed by atoms with Crippen molar-refractivity contribution < 1.29 is 16.9 Å². The molecule has 1 heterocycles. The van der Waals surface area contributed by atoms with Crippen molar-refractivity contribution >= 4 is 0 Å². The molecule has 0 radical (unpaired) electrons. The highest BCUT2D eigenvalue weighted by molar-refractivity contribution is 4.88. The topological polar surface area (TPSA) is 12.9 Å². The van der Waals surface area contributed by atoms with E-state index in [-0.39, 0.29) is 12.4 Å². The molecule has 0 N–H and O–H groups in total. The first kappa shape index (κ1) is 25.6. The first-order valence-electron chi connectivity index (χ1n) is 9.94. The molecule has 2 nitrogen and oxygen atoms in total. The summed E-state index contributed by atoms with van der Waals surface area (Å²) in [5, 5.41) is 0. The second-order valence-electron chi connectivity index (χ2n) is 6.67. The van der Waals surface area contributed by atoms with Gasteiger partial charge in [0.15, 0.2) is 0 Å². The second kappa shape index (κ2) is 18.7. The molecule has 0 atom stereocenters. The van der Waals surface area contributed by atoms with Gasteiger partial charge in [-0.25, -0.2) is 0 Å². The molecule has 0 bridgehead atoms. The summed E-state index contributed by atoms with van der Waals surface area (Å²) < 4.78 is 1.42. The molecule has 0 saturated carbocycles. The van der Waals surface area contributed by atoms with Crippen LogP contribution in [-0.4, -0.2) is 35.6 Å². The van der Waals surface area contributed by atoms with Gasteiger partial charge in [-0.1, -0.05) is 59.4 Å². The van der Waals surface area contributed by atoms with Gasteiger partial charge in [-0.15, -0.1) is 0 Å². The van der Waals surface area contributed by atoms with Gasteiger partial charge in [0.05, 0.1) is 26.2 Å². The van der Waals surface area contributed by atoms with Crippen LogP contribution >= 0.6 is 0 Å². The Morgan fingerprint density at radius 1 is 0.583 bits per heavy atom. The molecule has 0 fully saturated rings. The Hall–Kier alpha value is -0.600. The number of aromatic nitrogens is 1. The van der Waals surface area contributed by atoms with Gasteiger partial charge < -0.3 is 16.9 Å². The van der Waals surface area contributed by atoms with Crippen LogP contribution < -0.4 is 12.4 Å². The van der Waals surface area contributed by atoms with Gasteiger partial charge in [0.1, 0.15) is 0 Å². The summed E-state index contributed by atoms with van der Waals surface area (Å²) in [4.78, 5) is 3.78. The molecular weight excluding hydrogens is 316 g/mol. The average molecular weight is 357 g/mol. The molecule has 0 saturated heterocycles. The van der Waals surface area contributed by atoms with Crippen molar-refractivity contribution in [2.45, 2.75) is 79.1 Å². The third-order valence-electron chi connectivity index (χ3n) is 4.51. The van der Waals surface area contributed by atoms with Crippen molar-refractivity contribution in [1.29, 1.82) is 0 Å². The highest BCUT2D eigenvalue weighted by Crippen LogP contribution is 2.16. The predicted octanol–water partition coefficient (Wildman–Crippen LogP) is 3.09. The minimum absolute atomic E-state index is 0. The number of hydrogen-bond acceptors (Lipinski definition) is 1. The number of unbranched alkanes of at least 4 members (excludes halogenated alkanes) is 4. The summed E-state index contributed by atoms with van der Waals surface area (Å²) in [7, 11) is 0. The SMILES string of the molecule is CCCC[N+](CCCC)(CCCC)CCCC.[Cl-].c1ccncc1. The van der Waals surface area contributed by atoms with E-state index in [0.29, 0.717) is 0 Å². The third kappa shape index (κ3) is 13.8. The van der Waals surface area contributed by atoms with E-state index >= 15 is 0 Å². The third-order valence-corrected chi connectivity index (χ3v) is 4.51. The van der Waals surface area contributed by atoms with Crippen LogP contribution in [0.4, 0.5) is 0 Å². The fraction of sp³-hybridized carbons (Fsp3) is 0.762. The smallest absolute Gasteiger partial charge is 0.0786 e. The van der Waals surface area contributed by atoms with Crippen LogP contribution in [-0.2, 0) is 0 Å². The molecule has 3 heteroatoms. The molecule has 1 aromatic rings. The second-order valence-corrected chi connectivity index (χ2v) is 6.67. The Kier molecular flexibility index (Phi) is 20.0.